The van der Waals surface area contributed by atoms with E-state index in [4.69, 9.17) is 4.74 Å². The smallest absolute Gasteiger partial charge is 0.263 e. The van der Waals surface area contributed by atoms with Crippen LogP contribution in [0.5, 0.6) is 5.75 Å². The second-order valence-corrected chi connectivity index (χ2v) is 5.97. The Kier molecular flexibility index (Phi) is 5.83. The molecule has 1 heterocycles. The number of benzene rings is 1. The maximum atomic E-state index is 12.7. The van der Waals surface area contributed by atoms with Gasteiger partial charge in [-0.1, -0.05) is 26.0 Å². The van der Waals surface area contributed by atoms with Crippen LogP contribution < -0.4 is 4.74 Å². The summed E-state index contributed by atoms with van der Waals surface area (Å²) in [6.45, 7) is 12.9. The first kappa shape index (κ1) is 16.8. The van der Waals surface area contributed by atoms with Gasteiger partial charge in [0.2, 0.25) is 0 Å². The number of carbonyl (C=O) groups excluding carboxylic acids is 1. The number of hydrogen-bond donors (Lipinski definition) is 0. The molecule has 1 amide bonds. The molecule has 4 nitrogen and oxygen atoms in total. The summed E-state index contributed by atoms with van der Waals surface area (Å²) in [4.78, 5) is 17.0. The summed E-state index contributed by atoms with van der Waals surface area (Å²) in [5.74, 6) is 0.951. The molecule has 0 N–H and O–H groups in total. The minimum absolute atomic E-state index is 0.124. The third-order valence-electron chi connectivity index (χ3n) is 4.60. The SMILES string of the molecule is CC[C@H](Oc1cccc(C)c1C)C(=O)N1CCN(CC)CC1. The molecule has 0 saturated carbocycles. The van der Waals surface area contributed by atoms with E-state index in [1.54, 1.807) is 0 Å². The normalized spacial score (nSPS) is 17.4. The molecule has 1 fully saturated rings. The zero-order valence-electron chi connectivity index (χ0n) is 14.3. The first-order chi connectivity index (χ1) is 10.6. The lowest BCUT2D eigenvalue weighted by Gasteiger charge is -2.35. The molecule has 0 aromatic heterocycles. The van der Waals surface area contributed by atoms with Gasteiger partial charge in [-0.3, -0.25) is 4.79 Å². The zero-order chi connectivity index (χ0) is 16.1. The lowest BCUT2D eigenvalue weighted by atomic mass is 10.1. The Bertz CT molecular complexity index is 508. The summed E-state index contributed by atoms with van der Waals surface area (Å²) in [6.07, 6.45) is 0.314. The maximum Gasteiger partial charge on any atom is 0.263 e. The lowest BCUT2D eigenvalue weighted by Crippen LogP contribution is -2.52. The molecule has 0 bridgehead atoms. The number of amides is 1. The van der Waals surface area contributed by atoms with E-state index < -0.39 is 0 Å². The van der Waals surface area contributed by atoms with Crippen LogP contribution in [0.1, 0.15) is 31.4 Å². The fraction of sp³-hybridized carbons (Fsp3) is 0.611. The summed E-state index contributed by atoms with van der Waals surface area (Å²) in [5.41, 5.74) is 2.31. The average molecular weight is 304 g/mol. The van der Waals surface area contributed by atoms with Crippen LogP contribution in [-0.4, -0.2) is 54.5 Å². The van der Waals surface area contributed by atoms with Crippen LogP contribution in [0.4, 0.5) is 0 Å². The number of carbonyl (C=O) groups is 1. The number of hydrogen-bond acceptors (Lipinski definition) is 3. The van der Waals surface area contributed by atoms with E-state index in [2.05, 4.69) is 24.8 Å². The molecule has 1 aliphatic heterocycles. The number of likely N-dealkylation sites (N-methyl/N-ethyl adjacent to an activating group) is 1. The third kappa shape index (κ3) is 3.80. The summed E-state index contributed by atoms with van der Waals surface area (Å²) < 4.78 is 6.04. The van der Waals surface area contributed by atoms with Crippen LogP contribution in [0.25, 0.3) is 0 Å². The van der Waals surface area contributed by atoms with E-state index in [1.165, 1.54) is 5.56 Å². The van der Waals surface area contributed by atoms with Crippen LogP contribution in [-0.2, 0) is 4.79 Å². The molecule has 1 aromatic rings. The highest BCUT2D eigenvalue weighted by Crippen LogP contribution is 2.23. The van der Waals surface area contributed by atoms with Crippen molar-refractivity contribution < 1.29 is 9.53 Å². The maximum absolute atomic E-state index is 12.7. The van der Waals surface area contributed by atoms with Gasteiger partial charge in [-0.25, -0.2) is 0 Å². The molecule has 2 rings (SSSR count). The molecule has 122 valence electrons. The Balaban J connectivity index is 2.02. The number of piperazine rings is 1. The second-order valence-electron chi connectivity index (χ2n) is 5.97. The van der Waals surface area contributed by atoms with Crippen molar-refractivity contribution in [1.82, 2.24) is 9.80 Å². The van der Waals surface area contributed by atoms with Crippen molar-refractivity contribution in [2.24, 2.45) is 0 Å². The molecule has 0 spiro atoms. The summed E-state index contributed by atoms with van der Waals surface area (Å²) in [5, 5.41) is 0. The largest absolute Gasteiger partial charge is 0.480 e. The van der Waals surface area contributed by atoms with Gasteiger partial charge in [-0.15, -0.1) is 0 Å². The third-order valence-corrected chi connectivity index (χ3v) is 4.60. The molecule has 0 unspecified atom stereocenters. The minimum Gasteiger partial charge on any atom is -0.480 e. The van der Waals surface area contributed by atoms with Gasteiger partial charge in [0, 0.05) is 26.2 Å². The monoisotopic (exact) mass is 304 g/mol. The standard InChI is InChI=1S/C18H28N2O2/c1-5-16(22-17-9-7-8-14(3)15(17)4)18(21)20-12-10-19(6-2)11-13-20/h7-9,16H,5-6,10-13H2,1-4H3/t16-/m0/s1. The first-order valence-electron chi connectivity index (χ1n) is 8.30. The van der Waals surface area contributed by atoms with Crippen molar-refractivity contribution >= 4 is 5.91 Å². The van der Waals surface area contributed by atoms with Crippen molar-refractivity contribution in [3.63, 3.8) is 0 Å². The molecule has 1 saturated heterocycles. The Morgan fingerprint density at radius 2 is 1.86 bits per heavy atom. The van der Waals surface area contributed by atoms with Gasteiger partial charge in [-0.2, -0.15) is 0 Å². The van der Waals surface area contributed by atoms with Crippen LogP contribution >= 0.6 is 0 Å². The predicted molar refractivity (Wildman–Crippen MR) is 89.3 cm³/mol. The zero-order valence-corrected chi connectivity index (χ0v) is 14.3. The molecule has 1 atom stereocenters. The molecule has 22 heavy (non-hydrogen) atoms. The fourth-order valence-corrected chi connectivity index (χ4v) is 2.80. The van der Waals surface area contributed by atoms with Crippen LogP contribution in [0.3, 0.4) is 0 Å². The Labute approximate surface area is 134 Å². The van der Waals surface area contributed by atoms with E-state index in [1.807, 2.05) is 30.9 Å². The Morgan fingerprint density at radius 1 is 1.18 bits per heavy atom. The van der Waals surface area contributed by atoms with E-state index in [9.17, 15) is 4.79 Å². The molecular weight excluding hydrogens is 276 g/mol. The predicted octanol–water partition coefficient (Wildman–Crippen LogP) is 2.62. The van der Waals surface area contributed by atoms with Gasteiger partial charge >= 0.3 is 0 Å². The van der Waals surface area contributed by atoms with Gasteiger partial charge < -0.3 is 14.5 Å². The van der Waals surface area contributed by atoms with E-state index in [-0.39, 0.29) is 12.0 Å². The molecule has 0 aliphatic carbocycles. The fourth-order valence-electron chi connectivity index (χ4n) is 2.80. The van der Waals surface area contributed by atoms with Gasteiger partial charge in [-0.05, 0) is 44.0 Å². The molecular formula is C18H28N2O2. The van der Waals surface area contributed by atoms with Gasteiger partial charge in [0.1, 0.15) is 5.75 Å². The number of ether oxygens (including phenoxy) is 1. The Hall–Kier alpha value is -1.55. The first-order valence-corrected chi connectivity index (χ1v) is 8.30. The molecule has 0 radical (unpaired) electrons. The van der Waals surface area contributed by atoms with Crippen molar-refractivity contribution in [3.8, 4) is 5.75 Å². The number of nitrogens with zero attached hydrogens (tertiary/aromatic N) is 2. The highest BCUT2D eigenvalue weighted by molar-refractivity contribution is 5.81. The quantitative estimate of drug-likeness (QED) is 0.838. The van der Waals surface area contributed by atoms with Crippen molar-refractivity contribution in [3.05, 3.63) is 29.3 Å². The highest BCUT2D eigenvalue weighted by atomic mass is 16.5. The van der Waals surface area contributed by atoms with Crippen molar-refractivity contribution in [2.45, 2.75) is 40.2 Å². The lowest BCUT2D eigenvalue weighted by molar-refractivity contribution is -0.140. The molecule has 1 aliphatic rings. The van der Waals surface area contributed by atoms with Gasteiger partial charge in [0.15, 0.2) is 6.10 Å². The molecule has 4 heteroatoms. The van der Waals surface area contributed by atoms with Gasteiger partial charge in [0.05, 0.1) is 0 Å². The average Bonchev–Trinajstić information content (AvgIpc) is 2.55. The van der Waals surface area contributed by atoms with Crippen LogP contribution in [0.15, 0.2) is 18.2 Å². The van der Waals surface area contributed by atoms with Gasteiger partial charge in [0.25, 0.3) is 5.91 Å². The van der Waals surface area contributed by atoms with Crippen molar-refractivity contribution in [2.75, 3.05) is 32.7 Å². The number of aryl methyl sites for hydroxylation is 1. The van der Waals surface area contributed by atoms with Crippen LogP contribution in [0, 0.1) is 13.8 Å². The Morgan fingerprint density at radius 3 is 2.45 bits per heavy atom. The topological polar surface area (TPSA) is 32.8 Å². The highest BCUT2D eigenvalue weighted by Gasteiger charge is 2.27. The minimum atomic E-state index is -0.381. The second kappa shape index (κ2) is 7.63. The van der Waals surface area contributed by atoms with Crippen molar-refractivity contribution in [1.29, 1.82) is 0 Å². The van der Waals surface area contributed by atoms with Crippen LogP contribution in [0.2, 0.25) is 0 Å². The van der Waals surface area contributed by atoms with E-state index in [0.717, 1.165) is 44.0 Å². The van der Waals surface area contributed by atoms with E-state index >= 15 is 0 Å². The summed E-state index contributed by atoms with van der Waals surface area (Å²) in [7, 11) is 0. The number of rotatable bonds is 5. The van der Waals surface area contributed by atoms with E-state index in [0.29, 0.717) is 6.42 Å². The summed E-state index contributed by atoms with van der Waals surface area (Å²) >= 11 is 0. The molecule has 1 aromatic carbocycles. The summed E-state index contributed by atoms with van der Waals surface area (Å²) in [6, 6.07) is 6.00.